The number of aliphatic hydroxyl groups excluding tert-OH is 1. The van der Waals surface area contributed by atoms with Crippen molar-refractivity contribution in [3.8, 4) is 6.19 Å². The summed E-state index contributed by atoms with van der Waals surface area (Å²) in [5.74, 6) is -1.21. The van der Waals surface area contributed by atoms with Gasteiger partial charge in [0, 0.05) is 38.9 Å². The number of hydrogen-bond acceptors (Lipinski definition) is 6. The van der Waals surface area contributed by atoms with Crippen LogP contribution in [0.2, 0.25) is 0 Å². The summed E-state index contributed by atoms with van der Waals surface area (Å²) in [4.78, 5) is 19.5. The number of aliphatic imine (C=N–C) groups is 1. The number of hydrazone groups is 1. The third-order valence-electron chi connectivity index (χ3n) is 6.17. The maximum atomic E-state index is 14.9. The second kappa shape index (κ2) is 13.2. The van der Waals surface area contributed by atoms with Crippen molar-refractivity contribution in [3.05, 3.63) is 71.3 Å². The van der Waals surface area contributed by atoms with Crippen LogP contribution < -0.4 is 5.73 Å². The topological polar surface area (TPSA) is 122 Å². The Morgan fingerprint density at radius 3 is 2.63 bits per heavy atom. The molecular weight excluding hydrogens is 512 g/mol. The number of aliphatic hydroxyl groups is 1. The number of urea groups is 1. The van der Waals surface area contributed by atoms with Crippen molar-refractivity contribution in [2.45, 2.75) is 31.1 Å². The monoisotopic (exact) mass is 543 g/mol. The molecule has 3 rings (SSSR count). The molecule has 9 nitrogen and oxygen atoms in total. The second-order valence-corrected chi connectivity index (χ2v) is 9.89. The van der Waals surface area contributed by atoms with Crippen LogP contribution in [0.15, 0.2) is 58.6 Å². The van der Waals surface area contributed by atoms with Gasteiger partial charge in [0.15, 0.2) is 0 Å². The standard InChI is InChI=1S/C26H31F2N7O2S/c1-3-34(15-8-16-36)25(37)35-26(19-9-5-4-6-10-19,13-7-14-33(2)24(30)31-18-29)38-23(32-35)21-17-20(27)11-12-22(21)28/h4-6,9-12,17,36H,3,7-8,13-16H2,1-2H3,(H2,30,31). The molecule has 2 aromatic rings. The summed E-state index contributed by atoms with van der Waals surface area (Å²) < 4.78 is 29.0. The van der Waals surface area contributed by atoms with E-state index < -0.39 is 22.5 Å². The molecule has 12 heteroatoms. The molecule has 3 N–H and O–H groups in total. The molecule has 1 aliphatic heterocycles. The largest absolute Gasteiger partial charge is 0.396 e. The number of nitriles is 1. The third-order valence-corrected chi connectivity index (χ3v) is 7.61. The number of hydrogen-bond donors (Lipinski definition) is 2. The molecular formula is C26H31F2N7O2S. The summed E-state index contributed by atoms with van der Waals surface area (Å²) in [7, 11) is 1.70. The number of benzene rings is 2. The smallest absolute Gasteiger partial charge is 0.342 e. The van der Waals surface area contributed by atoms with E-state index in [-0.39, 0.29) is 23.2 Å². The predicted octanol–water partition coefficient (Wildman–Crippen LogP) is 3.86. The quantitative estimate of drug-likeness (QED) is 0.267. The Bertz CT molecular complexity index is 1220. The van der Waals surface area contributed by atoms with Crippen LogP contribution in [-0.2, 0) is 4.87 Å². The third kappa shape index (κ3) is 6.41. The molecule has 0 fully saturated rings. The van der Waals surface area contributed by atoms with Crippen molar-refractivity contribution in [2.24, 2.45) is 15.8 Å². The molecule has 38 heavy (non-hydrogen) atoms. The van der Waals surface area contributed by atoms with E-state index in [0.717, 1.165) is 23.8 Å². The van der Waals surface area contributed by atoms with Gasteiger partial charge >= 0.3 is 6.03 Å². The van der Waals surface area contributed by atoms with Crippen LogP contribution >= 0.6 is 11.8 Å². The first-order valence-electron chi connectivity index (χ1n) is 12.2. The molecule has 1 unspecified atom stereocenters. The molecule has 0 aromatic heterocycles. The summed E-state index contributed by atoms with van der Waals surface area (Å²) in [5.41, 5.74) is 6.55. The zero-order valence-corrected chi connectivity index (χ0v) is 22.2. The van der Waals surface area contributed by atoms with Gasteiger partial charge in [0.25, 0.3) is 0 Å². The Morgan fingerprint density at radius 2 is 1.97 bits per heavy atom. The molecule has 0 aliphatic carbocycles. The molecule has 1 aliphatic rings. The first-order valence-corrected chi connectivity index (χ1v) is 13.0. The number of thioether (sulfide) groups is 1. The fourth-order valence-corrected chi connectivity index (χ4v) is 5.55. The molecule has 1 atom stereocenters. The normalized spacial score (nSPS) is 17.2. The molecule has 2 aromatic carbocycles. The van der Waals surface area contributed by atoms with Crippen molar-refractivity contribution in [3.63, 3.8) is 0 Å². The van der Waals surface area contributed by atoms with Gasteiger partial charge in [-0.15, -0.1) is 4.99 Å². The average molecular weight is 544 g/mol. The fourth-order valence-electron chi connectivity index (χ4n) is 4.14. The minimum absolute atomic E-state index is 0.0356. The van der Waals surface area contributed by atoms with Gasteiger partial charge in [0.05, 0.1) is 0 Å². The van der Waals surface area contributed by atoms with E-state index in [2.05, 4.69) is 10.1 Å². The van der Waals surface area contributed by atoms with Crippen LogP contribution in [0.25, 0.3) is 0 Å². The highest BCUT2D eigenvalue weighted by Crippen LogP contribution is 2.51. The molecule has 2 amide bonds. The van der Waals surface area contributed by atoms with Gasteiger partial charge in [0.2, 0.25) is 12.2 Å². The lowest BCUT2D eigenvalue weighted by Gasteiger charge is -2.38. The van der Waals surface area contributed by atoms with E-state index in [9.17, 15) is 18.7 Å². The molecule has 0 saturated heterocycles. The molecule has 202 valence electrons. The highest BCUT2D eigenvalue weighted by molar-refractivity contribution is 8.15. The van der Waals surface area contributed by atoms with E-state index in [1.165, 1.54) is 16.8 Å². The Labute approximate surface area is 225 Å². The van der Waals surface area contributed by atoms with Gasteiger partial charge in [-0.25, -0.2) is 13.6 Å². The number of guanidine groups is 1. The number of carbonyl (C=O) groups excluding carboxylic acids is 1. The number of rotatable bonds is 10. The minimum Gasteiger partial charge on any atom is -0.396 e. The lowest BCUT2D eigenvalue weighted by atomic mass is 10.00. The van der Waals surface area contributed by atoms with E-state index >= 15 is 0 Å². The van der Waals surface area contributed by atoms with Crippen LogP contribution in [0.4, 0.5) is 13.6 Å². The number of nitrogens with two attached hydrogens (primary N) is 1. The highest BCUT2D eigenvalue weighted by Gasteiger charge is 2.49. The molecule has 0 bridgehead atoms. The molecule has 1 heterocycles. The summed E-state index contributed by atoms with van der Waals surface area (Å²) in [6, 6.07) is 12.0. The van der Waals surface area contributed by atoms with Gasteiger partial charge in [-0.3, -0.25) is 0 Å². The minimum atomic E-state index is -1.08. The SMILES string of the molecule is CCN(CCCO)C(=O)N1N=C(c2cc(F)ccc2F)SC1(CCCN(C)C(N)=NC#N)c1ccccc1. The number of amides is 2. The summed E-state index contributed by atoms with van der Waals surface area (Å²) >= 11 is 1.19. The lowest BCUT2D eigenvalue weighted by Crippen LogP contribution is -2.49. The second-order valence-electron chi connectivity index (χ2n) is 8.63. The zero-order chi connectivity index (χ0) is 27.7. The predicted molar refractivity (Wildman–Crippen MR) is 144 cm³/mol. The Kier molecular flexibility index (Phi) is 10.0. The van der Waals surface area contributed by atoms with Crippen molar-refractivity contribution < 1.29 is 18.7 Å². The van der Waals surface area contributed by atoms with Crippen molar-refractivity contribution in [2.75, 3.05) is 33.3 Å². The van der Waals surface area contributed by atoms with Gasteiger partial charge < -0.3 is 20.6 Å². The summed E-state index contributed by atoms with van der Waals surface area (Å²) in [6.45, 7) is 2.84. The molecule has 0 saturated carbocycles. The van der Waals surface area contributed by atoms with Gasteiger partial charge in [-0.05, 0) is 49.9 Å². The van der Waals surface area contributed by atoms with Crippen molar-refractivity contribution in [1.29, 1.82) is 5.26 Å². The lowest BCUT2D eigenvalue weighted by molar-refractivity contribution is 0.121. The van der Waals surface area contributed by atoms with Gasteiger partial charge in [-0.1, -0.05) is 42.1 Å². The Morgan fingerprint density at radius 1 is 1.24 bits per heavy atom. The van der Waals surface area contributed by atoms with Crippen molar-refractivity contribution >= 4 is 28.8 Å². The first-order chi connectivity index (χ1) is 18.3. The number of nitrogens with zero attached hydrogens (tertiary/aromatic N) is 6. The molecule has 0 spiro atoms. The van der Waals surface area contributed by atoms with Crippen LogP contribution in [0.1, 0.15) is 37.3 Å². The highest BCUT2D eigenvalue weighted by atomic mass is 32.2. The van der Waals surface area contributed by atoms with Crippen molar-refractivity contribution in [1.82, 2.24) is 14.8 Å². The molecule has 0 radical (unpaired) electrons. The van der Waals surface area contributed by atoms with Crippen LogP contribution in [0.3, 0.4) is 0 Å². The summed E-state index contributed by atoms with van der Waals surface area (Å²) in [6.07, 6.45) is 2.92. The maximum absolute atomic E-state index is 14.9. The van der Waals surface area contributed by atoms with Crippen LogP contribution in [0.5, 0.6) is 0 Å². The Hall–Kier alpha value is -3.69. The number of carbonyl (C=O) groups is 1. The maximum Gasteiger partial charge on any atom is 0.342 e. The van der Waals surface area contributed by atoms with E-state index in [1.54, 1.807) is 23.0 Å². The van der Waals surface area contributed by atoms with Gasteiger partial charge in [-0.2, -0.15) is 15.4 Å². The number of halogens is 2. The van der Waals surface area contributed by atoms with Crippen LogP contribution in [-0.4, -0.2) is 70.2 Å². The Balaban J connectivity index is 2.08. The average Bonchev–Trinajstić information content (AvgIpc) is 3.31. The summed E-state index contributed by atoms with van der Waals surface area (Å²) in [5, 5.41) is 24.2. The first kappa shape index (κ1) is 28.9. The van der Waals surface area contributed by atoms with Crippen LogP contribution in [0, 0.1) is 23.1 Å². The zero-order valence-electron chi connectivity index (χ0n) is 21.3. The van der Waals surface area contributed by atoms with E-state index in [1.807, 2.05) is 37.3 Å². The fraction of sp³-hybridized carbons (Fsp3) is 0.385. The van der Waals surface area contributed by atoms with E-state index in [0.29, 0.717) is 38.9 Å². The van der Waals surface area contributed by atoms with Gasteiger partial charge in [0.1, 0.15) is 21.5 Å². The van der Waals surface area contributed by atoms with E-state index in [4.69, 9.17) is 11.0 Å².